The monoisotopic (exact) mass is 292 g/mol. The van der Waals surface area contributed by atoms with E-state index < -0.39 is 16.3 Å². The summed E-state index contributed by atoms with van der Waals surface area (Å²) in [5, 5.41) is 0. The average molecular weight is 293 g/mol. The van der Waals surface area contributed by atoms with Gasteiger partial charge in [-0.2, -0.15) is 13.1 Å². The quantitative estimate of drug-likeness (QED) is 0.796. The van der Waals surface area contributed by atoms with Gasteiger partial charge in [-0.1, -0.05) is 24.3 Å². The largest absolute Gasteiger partial charge is 0.452 e. The molecule has 0 bridgehead atoms. The maximum absolute atomic E-state index is 11.4. The molecule has 0 saturated heterocycles. The SMILES string of the molecule is COC(=O)NS(=O)(=O)NCc1cccc(CCl)c1. The molecule has 1 amide bonds. The first-order valence-electron chi connectivity index (χ1n) is 4.96. The number of carbonyl (C=O) groups excluding carboxylic acids is 1. The summed E-state index contributed by atoms with van der Waals surface area (Å²) in [5.41, 5.74) is 1.62. The molecule has 0 heterocycles. The van der Waals surface area contributed by atoms with Crippen LogP contribution < -0.4 is 9.44 Å². The molecule has 8 heteroatoms. The molecule has 0 fully saturated rings. The smallest absolute Gasteiger partial charge is 0.421 e. The minimum atomic E-state index is -3.92. The third-order valence-electron chi connectivity index (χ3n) is 2.02. The second-order valence-corrected chi connectivity index (χ2v) is 5.14. The summed E-state index contributed by atoms with van der Waals surface area (Å²) < 4.78 is 30.8. The number of benzene rings is 1. The van der Waals surface area contributed by atoms with Crippen molar-refractivity contribution in [1.29, 1.82) is 0 Å². The van der Waals surface area contributed by atoms with E-state index >= 15 is 0 Å². The lowest BCUT2D eigenvalue weighted by Gasteiger charge is -2.08. The van der Waals surface area contributed by atoms with Crippen LogP contribution in [0.25, 0.3) is 0 Å². The van der Waals surface area contributed by atoms with E-state index in [1.54, 1.807) is 22.9 Å². The Bertz CT molecular complexity index is 518. The molecule has 18 heavy (non-hydrogen) atoms. The zero-order chi connectivity index (χ0) is 13.6. The topological polar surface area (TPSA) is 84.5 Å². The number of rotatable bonds is 5. The Morgan fingerprint density at radius 3 is 2.67 bits per heavy atom. The summed E-state index contributed by atoms with van der Waals surface area (Å²) in [6.07, 6.45) is -1.04. The minimum Gasteiger partial charge on any atom is -0.452 e. The van der Waals surface area contributed by atoms with Gasteiger partial charge in [-0.25, -0.2) is 9.52 Å². The van der Waals surface area contributed by atoms with Crippen molar-refractivity contribution in [1.82, 2.24) is 9.44 Å². The van der Waals surface area contributed by atoms with Gasteiger partial charge in [0.25, 0.3) is 0 Å². The van der Waals surface area contributed by atoms with Gasteiger partial charge in [-0.05, 0) is 11.1 Å². The molecule has 0 saturated carbocycles. The Morgan fingerprint density at radius 1 is 1.39 bits per heavy atom. The number of hydrogen-bond acceptors (Lipinski definition) is 4. The molecule has 1 aromatic rings. The van der Waals surface area contributed by atoms with Crippen molar-refractivity contribution >= 4 is 27.9 Å². The van der Waals surface area contributed by atoms with Gasteiger partial charge >= 0.3 is 16.3 Å². The van der Waals surface area contributed by atoms with Crippen LogP contribution in [0.2, 0.25) is 0 Å². The summed E-state index contributed by atoms with van der Waals surface area (Å²) in [7, 11) is -2.84. The fraction of sp³-hybridized carbons (Fsp3) is 0.300. The molecular weight excluding hydrogens is 280 g/mol. The molecule has 1 aromatic carbocycles. The third-order valence-corrected chi connectivity index (χ3v) is 3.28. The number of carbonyl (C=O) groups is 1. The Morgan fingerprint density at radius 2 is 2.06 bits per heavy atom. The molecule has 100 valence electrons. The molecule has 0 unspecified atom stereocenters. The first-order valence-corrected chi connectivity index (χ1v) is 6.98. The van der Waals surface area contributed by atoms with Gasteiger partial charge in [0, 0.05) is 12.4 Å². The number of hydrogen-bond donors (Lipinski definition) is 2. The van der Waals surface area contributed by atoms with E-state index in [1.807, 2.05) is 6.07 Å². The van der Waals surface area contributed by atoms with Gasteiger partial charge in [-0.3, -0.25) is 0 Å². The van der Waals surface area contributed by atoms with Crippen LogP contribution in [0.3, 0.4) is 0 Å². The van der Waals surface area contributed by atoms with E-state index in [2.05, 4.69) is 9.46 Å². The van der Waals surface area contributed by atoms with Crippen LogP contribution in [0.5, 0.6) is 0 Å². The highest BCUT2D eigenvalue weighted by Gasteiger charge is 2.13. The van der Waals surface area contributed by atoms with Crippen LogP contribution in [0.4, 0.5) is 4.79 Å². The summed E-state index contributed by atoms with van der Waals surface area (Å²) in [6, 6.07) is 7.12. The lowest BCUT2D eigenvalue weighted by molar-refractivity contribution is 0.177. The summed E-state index contributed by atoms with van der Waals surface area (Å²) in [4.78, 5) is 10.8. The third kappa shape index (κ3) is 4.91. The number of halogens is 1. The van der Waals surface area contributed by atoms with Crippen molar-refractivity contribution in [2.75, 3.05) is 7.11 Å². The standard InChI is InChI=1S/C10H13ClN2O4S/c1-17-10(14)13-18(15,16)12-7-9-4-2-3-8(5-9)6-11/h2-5,12H,6-7H2,1H3,(H,13,14). The molecule has 2 N–H and O–H groups in total. The second-order valence-electron chi connectivity index (χ2n) is 3.37. The molecule has 1 rings (SSSR count). The number of amides is 1. The zero-order valence-electron chi connectivity index (χ0n) is 9.64. The Kier molecular flexibility index (Phi) is 5.39. The highest BCUT2D eigenvalue weighted by atomic mass is 35.5. The molecular formula is C10H13ClN2O4S. The number of methoxy groups -OCH3 is 1. The van der Waals surface area contributed by atoms with Gasteiger partial charge in [0.1, 0.15) is 0 Å². The van der Waals surface area contributed by atoms with Crippen LogP contribution in [0.1, 0.15) is 11.1 Å². The van der Waals surface area contributed by atoms with Crippen LogP contribution in [0.15, 0.2) is 24.3 Å². The molecule has 0 aliphatic rings. The first-order chi connectivity index (χ1) is 8.46. The van der Waals surface area contributed by atoms with Gasteiger partial charge in [0.2, 0.25) is 0 Å². The Balaban J connectivity index is 2.61. The van der Waals surface area contributed by atoms with Crippen molar-refractivity contribution < 1.29 is 17.9 Å². The summed E-state index contributed by atoms with van der Waals surface area (Å²) >= 11 is 5.66. The maximum Gasteiger partial charge on any atom is 0.421 e. The minimum absolute atomic E-state index is 0.0526. The normalized spacial score (nSPS) is 11.0. The predicted octanol–water partition coefficient (Wildman–Crippen LogP) is 1.12. The van der Waals surface area contributed by atoms with Gasteiger partial charge < -0.3 is 4.74 Å². The van der Waals surface area contributed by atoms with Crippen LogP contribution in [-0.4, -0.2) is 21.6 Å². The van der Waals surface area contributed by atoms with Gasteiger partial charge in [-0.15, -0.1) is 11.6 Å². The van der Waals surface area contributed by atoms with Crippen molar-refractivity contribution in [3.05, 3.63) is 35.4 Å². The van der Waals surface area contributed by atoms with Crippen molar-refractivity contribution in [2.45, 2.75) is 12.4 Å². The fourth-order valence-electron chi connectivity index (χ4n) is 1.19. The maximum atomic E-state index is 11.4. The Labute approximate surface area is 110 Å². The highest BCUT2D eigenvalue weighted by Crippen LogP contribution is 2.07. The lowest BCUT2D eigenvalue weighted by atomic mass is 10.1. The Hall–Kier alpha value is -1.31. The second kappa shape index (κ2) is 6.58. The first kappa shape index (κ1) is 14.7. The molecule has 0 radical (unpaired) electrons. The van der Waals surface area contributed by atoms with Crippen LogP contribution in [-0.2, 0) is 27.4 Å². The number of ether oxygens (including phenoxy) is 1. The van der Waals surface area contributed by atoms with Gasteiger partial charge in [0.15, 0.2) is 0 Å². The number of nitrogens with one attached hydrogen (secondary N) is 2. The summed E-state index contributed by atoms with van der Waals surface area (Å²) in [6.45, 7) is 0.0526. The highest BCUT2D eigenvalue weighted by molar-refractivity contribution is 7.88. The summed E-state index contributed by atoms with van der Waals surface area (Å²) in [5.74, 6) is 0.348. The molecule has 0 aromatic heterocycles. The molecule has 6 nitrogen and oxygen atoms in total. The van der Waals surface area contributed by atoms with Crippen LogP contribution >= 0.6 is 11.6 Å². The average Bonchev–Trinajstić information content (AvgIpc) is 2.36. The fourth-order valence-corrected chi connectivity index (χ4v) is 2.09. The number of alkyl halides is 1. The van der Waals surface area contributed by atoms with E-state index in [4.69, 9.17) is 11.6 Å². The molecule has 0 aliphatic carbocycles. The van der Waals surface area contributed by atoms with Crippen molar-refractivity contribution in [3.8, 4) is 0 Å². The van der Waals surface area contributed by atoms with Crippen molar-refractivity contribution in [2.24, 2.45) is 0 Å². The van der Waals surface area contributed by atoms with E-state index in [9.17, 15) is 13.2 Å². The molecule has 0 spiro atoms. The van der Waals surface area contributed by atoms with Crippen LogP contribution in [0, 0.1) is 0 Å². The lowest BCUT2D eigenvalue weighted by Crippen LogP contribution is -2.39. The molecule has 0 aliphatic heterocycles. The van der Waals surface area contributed by atoms with E-state index in [0.29, 0.717) is 5.88 Å². The van der Waals surface area contributed by atoms with E-state index in [0.717, 1.165) is 18.2 Å². The molecule has 0 atom stereocenters. The van der Waals surface area contributed by atoms with Gasteiger partial charge in [0.05, 0.1) is 7.11 Å². The van der Waals surface area contributed by atoms with Crippen molar-refractivity contribution in [3.63, 3.8) is 0 Å². The zero-order valence-corrected chi connectivity index (χ0v) is 11.2. The van der Waals surface area contributed by atoms with E-state index in [-0.39, 0.29) is 6.54 Å². The predicted molar refractivity (Wildman–Crippen MR) is 67.3 cm³/mol. The van der Waals surface area contributed by atoms with E-state index in [1.165, 1.54) is 0 Å².